The minimum Gasteiger partial charge on any atom is -0.476 e. The molecular weight excluding hydrogens is 396 g/mol. The Morgan fingerprint density at radius 2 is 1.60 bits per heavy atom. The Kier molecular flexibility index (Phi) is 7.90. The molecule has 2 rings (SSSR count). The van der Waals surface area contributed by atoms with Gasteiger partial charge < -0.3 is 9.47 Å². The quantitative estimate of drug-likeness (QED) is 0.223. The van der Waals surface area contributed by atoms with Gasteiger partial charge in [-0.15, -0.1) is 11.8 Å². The zero-order valence-electron chi connectivity index (χ0n) is 18.7. The van der Waals surface area contributed by atoms with E-state index >= 15 is 0 Å². The molecule has 4 nitrogen and oxygen atoms in total. The second kappa shape index (κ2) is 9.98. The smallest absolute Gasteiger partial charge is 0.350 e. The van der Waals surface area contributed by atoms with E-state index in [0.29, 0.717) is 11.3 Å². The van der Waals surface area contributed by atoms with Gasteiger partial charge in [-0.05, 0) is 107 Å². The van der Waals surface area contributed by atoms with Crippen molar-refractivity contribution in [2.24, 2.45) is 0 Å². The molecule has 0 saturated carbocycles. The number of hydrogen-bond donors (Lipinski definition) is 0. The Morgan fingerprint density at radius 1 is 1.03 bits per heavy atom. The van der Waals surface area contributed by atoms with E-state index in [-0.39, 0.29) is 11.9 Å². The number of thioether (sulfide) groups is 1. The molecule has 2 aromatic carbocycles. The average Bonchev–Trinajstić information content (AvgIpc) is 2.68. The monoisotopic (exact) mass is 426 g/mol. The largest absolute Gasteiger partial charge is 0.476 e. The SMILES string of the molecule is CSc1ccc(C(=O)C=Cc2cc(C)c(OC(C)(C)C(=O)OC(C)C)c(C)c2)cc1. The van der Waals surface area contributed by atoms with E-state index in [1.54, 1.807) is 37.8 Å². The van der Waals surface area contributed by atoms with Crippen LogP contribution in [0.5, 0.6) is 5.75 Å². The number of hydrogen-bond acceptors (Lipinski definition) is 5. The molecule has 0 spiro atoms. The lowest BCUT2D eigenvalue weighted by atomic mass is 10.0. The number of esters is 1. The number of rotatable bonds is 8. The molecule has 30 heavy (non-hydrogen) atoms. The molecule has 0 unspecified atom stereocenters. The van der Waals surface area contributed by atoms with Crippen LogP contribution in [0.4, 0.5) is 0 Å². The van der Waals surface area contributed by atoms with Gasteiger partial charge >= 0.3 is 5.97 Å². The second-order valence-corrected chi connectivity index (χ2v) is 8.86. The van der Waals surface area contributed by atoms with E-state index in [0.717, 1.165) is 21.6 Å². The van der Waals surface area contributed by atoms with Crippen molar-refractivity contribution in [3.63, 3.8) is 0 Å². The number of ether oxygens (including phenoxy) is 2. The zero-order chi connectivity index (χ0) is 22.5. The Hall–Kier alpha value is -2.53. The first-order chi connectivity index (χ1) is 14.0. The zero-order valence-corrected chi connectivity index (χ0v) is 19.6. The van der Waals surface area contributed by atoms with Crippen LogP contribution >= 0.6 is 11.8 Å². The minimum atomic E-state index is -1.10. The summed E-state index contributed by atoms with van der Waals surface area (Å²) in [5, 5.41) is 0. The van der Waals surface area contributed by atoms with Gasteiger partial charge in [0.05, 0.1) is 6.10 Å². The summed E-state index contributed by atoms with van der Waals surface area (Å²) >= 11 is 1.64. The van der Waals surface area contributed by atoms with Crippen LogP contribution in [-0.2, 0) is 9.53 Å². The molecule has 0 fully saturated rings. The van der Waals surface area contributed by atoms with Crippen molar-refractivity contribution in [3.8, 4) is 5.75 Å². The molecule has 0 aliphatic rings. The third-order valence-corrected chi connectivity index (χ3v) is 5.22. The van der Waals surface area contributed by atoms with Crippen LogP contribution in [0.15, 0.2) is 47.4 Å². The molecule has 5 heteroatoms. The molecule has 0 bridgehead atoms. The van der Waals surface area contributed by atoms with Crippen LogP contribution in [0.2, 0.25) is 0 Å². The van der Waals surface area contributed by atoms with Crippen molar-refractivity contribution in [3.05, 3.63) is 64.7 Å². The van der Waals surface area contributed by atoms with Gasteiger partial charge in [0, 0.05) is 10.5 Å². The van der Waals surface area contributed by atoms with E-state index in [9.17, 15) is 9.59 Å². The molecule has 0 aromatic heterocycles. The van der Waals surface area contributed by atoms with Crippen molar-refractivity contribution in [2.45, 2.75) is 58.1 Å². The molecule has 0 saturated heterocycles. The number of carbonyl (C=O) groups excluding carboxylic acids is 2. The lowest BCUT2D eigenvalue weighted by molar-refractivity contribution is -0.163. The van der Waals surface area contributed by atoms with Crippen LogP contribution in [0.1, 0.15) is 54.7 Å². The van der Waals surface area contributed by atoms with Crippen molar-refractivity contribution in [1.82, 2.24) is 0 Å². The molecule has 0 atom stereocenters. The van der Waals surface area contributed by atoms with E-state index in [4.69, 9.17) is 9.47 Å². The van der Waals surface area contributed by atoms with E-state index < -0.39 is 11.6 Å². The summed E-state index contributed by atoms with van der Waals surface area (Å²) in [4.78, 5) is 25.9. The lowest BCUT2D eigenvalue weighted by Crippen LogP contribution is -2.41. The maximum atomic E-state index is 12.4. The topological polar surface area (TPSA) is 52.6 Å². The first kappa shape index (κ1) is 23.7. The van der Waals surface area contributed by atoms with Crippen molar-refractivity contribution < 1.29 is 19.1 Å². The molecule has 0 radical (unpaired) electrons. The van der Waals surface area contributed by atoms with Gasteiger partial charge in [0.1, 0.15) is 5.75 Å². The highest BCUT2D eigenvalue weighted by Gasteiger charge is 2.33. The Morgan fingerprint density at radius 3 is 2.10 bits per heavy atom. The maximum absolute atomic E-state index is 12.4. The first-order valence-electron chi connectivity index (χ1n) is 9.91. The van der Waals surface area contributed by atoms with Gasteiger partial charge in [0.15, 0.2) is 11.4 Å². The van der Waals surface area contributed by atoms with Crippen molar-refractivity contribution in [1.29, 1.82) is 0 Å². The van der Waals surface area contributed by atoms with E-state index in [1.165, 1.54) is 0 Å². The number of carbonyl (C=O) groups is 2. The highest BCUT2D eigenvalue weighted by molar-refractivity contribution is 7.98. The van der Waals surface area contributed by atoms with Gasteiger partial charge in [-0.25, -0.2) is 4.79 Å². The summed E-state index contributed by atoms with van der Waals surface area (Å²) in [7, 11) is 0. The number of ketones is 1. The Balaban J connectivity index is 2.18. The number of allylic oxidation sites excluding steroid dienone is 1. The lowest BCUT2D eigenvalue weighted by Gasteiger charge is -2.27. The van der Waals surface area contributed by atoms with Gasteiger partial charge in [0.2, 0.25) is 0 Å². The average molecular weight is 427 g/mol. The van der Waals surface area contributed by atoms with Crippen LogP contribution in [0.25, 0.3) is 6.08 Å². The van der Waals surface area contributed by atoms with Gasteiger partial charge in [-0.2, -0.15) is 0 Å². The van der Waals surface area contributed by atoms with Gasteiger partial charge in [-0.1, -0.05) is 6.08 Å². The van der Waals surface area contributed by atoms with Crippen LogP contribution in [0, 0.1) is 13.8 Å². The third-order valence-electron chi connectivity index (χ3n) is 4.48. The molecule has 2 aromatic rings. The fourth-order valence-electron chi connectivity index (χ4n) is 2.92. The molecular formula is C25H30O4S. The summed E-state index contributed by atoms with van der Waals surface area (Å²) in [5.74, 6) is 0.200. The third kappa shape index (κ3) is 6.23. The highest BCUT2D eigenvalue weighted by Crippen LogP contribution is 2.30. The van der Waals surface area contributed by atoms with Crippen molar-refractivity contribution >= 4 is 29.6 Å². The predicted octanol–water partition coefficient (Wildman–Crippen LogP) is 6.03. The first-order valence-corrected chi connectivity index (χ1v) is 11.1. The standard InChI is InChI=1S/C25H30O4S/c1-16(2)28-24(27)25(5,6)29-23-17(3)14-19(15-18(23)4)8-13-22(26)20-9-11-21(30-7)12-10-20/h8-16H,1-7H3. The molecule has 0 heterocycles. The maximum Gasteiger partial charge on any atom is 0.350 e. The fraction of sp³-hybridized carbons (Fsp3) is 0.360. The molecule has 160 valence electrons. The van der Waals surface area contributed by atoms with Crippen LogP contribution in [0.3, 0.4) is 0 Å². The summed E-state index contributed by atoms with van der Waals surface area (Å²) < 4.78 is 11.3. The summed E-state index contributed by atoms with van der Waals surface area (Å²) in [6, 6.07) is 11.4. The van der Waals surface area contributed by atoms with Gasteiger partial charge in [-0.3, -0.25) is 4.79 Å². The van der Waals surface area contributed by atoms with E-state index in [1.807, 2.05) is 70.3 Å². The number of benzene rings is 2. The molecule has 0 aliphatic carbocycles. The summed E-state index contributed by atoms with van der Waals surface area (Å²) in [5.41, 5.74) is 2.22. The molecule has 0 N–H and O–H groups in total. The Bertz CT molecular complexity index is 917. The Labute approximate surface area is 183 Å². The van der Waals surface area contributed by atoms with Crippen LogP contribution < -0.4 is 4.74 Å². The normalized spacial score (nSPS) is 11.7. The second-order valence-electron chi connectivity index (χ2n) is 7.98. The number of aryl methyl sites for hydroxylation is 2. The van der Waals surface area contributed by atoms with Crippen molar-refractivity contribution in [2.75, 3.05) is 6.26 Å². The fourth-order valence-corrected chi connectivity index (χ4v) is 3.33. The van der Waals surface area contributed by atoms with Gasteiger partial charge in [0.25, 0.3) is 0 Å². The minimum absolute atomic E-state index is 0.0455. The summed E-state index contributed by atoms with van der Waals surface area (Å²) in [6.45, 7) is 10.9. The van der Waals surface area contributed by atoms with Crippen LogP contribution in [-0.4, -0.2) is 29.7 Å². The molecule has 0 aliphatic heterocycles. The molecule has 0 amide bonds. The van der Waals surface area contributed by atoms with E-state index in [2.05, 4.69) is 0 Å². The highest BCUT2D eigenvalue weighted by atomic mass is 32.2. The summed E-state index contributed by atoms with van der Waals surface area (Å²) in [6.07, 6.45) is 5.17. The predicted molar refractivity (Wildman–Crippen MR) is 123 cm³/mol.